The van der Waals surface area contributed by atoms with Crippen molar-refractivity contribution in [3.05, 3.63) is 42.0 Å². The monoisotopic (exact) mass is 343 g/mol. The molecule has 2 heterocycles. The number of benzene rings is 1. The smallest absolute Gasteiger partial charge is 0.243 e. The van der Waals surface area contributed by atoms with Gasteiger partial charge in [0.1, 0.15) is 5.75 Å². The van der Waals surface area contributed by atoms with Crippen LogP contribution in [-0.4, -0.2) is 47.4 Å². The van der Waals surface area contributed by atoms with Gasteiger partial charge in [0.25, 0.3) is 0 Å². The summed E-state index contributed by atoms with van der Waals surface area (Å²) in [6, 6.07) is 10.1. The summed E-state index contributed by atoms with van der Waals surface area (Å²) in [7, 11) is 0. The lowest BCUT2D eigenvalue weighted by molar-refractivity contribution is -0.0758. The van der Waals surface area contributed by atoms with Crippen LogP contribution in [0, 0.1) is 0 Å². The van der Waals surface area contributed by atoms with Crippen LogP contribution in [-0.2, 0) is 4.74 Å². The Hall–Kier alpha value is -1.92. The van der Waals surface area contributed by atoms with E-state index < -0.39 is 0 Å². The summed E-state index contributed by atoms with van der Waals surface area (Å²) in [5.41, 5.74) is 0. The molecular weight excluding hydrogens is 318 g/mol. The second-order valence-corrected chi connectivity index (χ2v) is 6.90. The molecule has 4 rings (SSSR count). The fourth-order valence-corrected chi connectivity index (χ4v) is 2.99. The van der Waals surface area contributed by atoms with E-state index >= 15 is 0 Å². The minimum Gasteiger partial charge on any atom is -0.494 e. The lowest BCUT2D eigenvalue weighted by Gasteiger charge is -2.41. The van der Waals surface area contributed by atoms with E-state index in [1.54, 1.807) is 0 Å². The Bertz CT molecular complexity index is 666. The number of rotatable bonds is 9. The van der Waals surface area contributed by atoms with Gasteiger partial charge in [0.05, 0.1) is 25.4 Å². The Morgan fingerprint density at radius 3 is 2.76 bits per heavy atom. The second-order valence-electron chi connectivity index (χ2n) is 6.90. The van der Waals surface area contributed by atoms with Gasteiger partial charge in [-0.3, -0.25) is 4.90 Å². The average molecular weight is 343 g/mol. The van der Waals surface area contributed by atoms with Crippen molar-refractivity contribution >= 4 is 0 Å². The molecule has 2 fully saturated rings. The van der Waals surface area contributed by atoms with Gasteiger partial charge in [-0.1, -0.05) is 23.4 Å². The third-order valence-corrected chi connectivity index (χ3v) is 4.84. The standard InChI is InChI=1S/C19H25N3O3/c1-14(19-20-18(21-25-19)15-8-9-15)22-12-17(13-22)24-11-5-10-23-16-6-3-2-4-7-16/h2-4,6-7,14-15,17H,5,8-13H2,1H3. The summed E-state index contributed by atoms with van der Waals surface area (Å²) in [4.78, 5) is 6.85. The van der Waals surface area contributed by atoms with Crippen molar-refractivity contribution in [2.24, 2.45) is 0 Å². The SMILES string of the molecule is CC(c1nc(C2CC2)no1)N1CC(OCCCOc2ccccc2)C1. The number of likely N-dealkylation sites (tertiary alicyclic amines) is 1. The molecule has 25 heavy (non-hydrogen) atoms. The third kappa shape index (κ3) is 4.19. The molecule has 2 aliphatic rings. The van der Waals surface area contributed by atoms with E-state index in [-0.39, 0.29) is 6.04 Å². The molecule has 1 aromatic heterocycles. The molecule has 0 amide bonds. The molecule has 6 nitrogen and oxygen atoms in total. The highest BCUT2D eigenvalue weighted by Gasteiger charge is 2.35. The van der Waals surface area contributed by atoms with E-state index in [2.05, 4.69) is 22.0 Å². The van der Waals surface area contributed by atoms with Crippen LogP contribution in [0.3, 0.4) is 0 Å². The maximum Gasteiger partial charge on any atom is 0.243 e. The summed E-state index contributed by atoms with van der Waals surface area (Å²) in [5, 5.41) is 4.10. The largest absolute Gasteiger partial charge is 0.494 e. The van der Waals surface area contributed by atoms with Crippen molar-refractivity contribution < 1.29 is 14.0 Å². The lowest BCUT2D eigenvalue weighted by atomic mass is 10.1. The van der Waals surface area contributed by atoms with Gasteiger partial charge >= 0.3 is 0 Å². The summed E-state index contributed by atoms with van der Waals surface area (Å²) < 4.78 is 17.0. The molecule has 0 radical (unpaired) electrons. The number of ether oxygens (including phenoxy) is 2. The van der Waals surface area contributed by atoms with Crippen LogP contribution >= 0.6 is 0 Å². The normalized spacial score (nSPS) is 19.6. The van der Waals surface area contributed by atoms with Crippen LogP contribution in [0.25, 0.3) is 0 Å². The van der Waals surface area contributed by atoms with Crippen LogP contribution < -0.4 is 4.74 Å². The highest BCUT2D eigenvalue weighted by atomic mass is 16.5. The molecule has 1 saturated heterocycles. The predicted molar refractivity (Wildman–Crippen MR) is 92.6 cm³/mol. The van der Waals surface area contributed by atoms with Crippen LogP contribution in [0.2, 0.25) is 0 Å². The molecule has 1 saturated carbocycles. The van der Waals surface area contributed by atoms with Gasteiger partial charge in [-0.15, -0.1) is 0 Å². The average Bonchev–Trinajstić information content (AvgIpc) is 3.33. The fourth-order valence-electron chi connectivity index (χ4n) is 2.99. The Morgan fingerprint density at radius 1 is 1.20 bits per heavy atom. The summed E-state index contributed by atoms with van der Waals surface area (Å²) >= 11 is 0. The van der Waals surface area contributed by atoms with Gasteiger partial charge < -0.3 is 14.0 Å². The maximum atomic E-state index is 5.90. The second kappa shape index (κ2) is 7.54. The van der Waals surface area contributed by atoms with Crippen molar-refractivity contribution in [3.8, 4) is 5.75 Å². The first-order valence-corrected chi connectivity index (χ1v) is 9.16. The number of para-hydroxylation sites is 1. The minimum absolute atomic E-state index is 0.168. The minimum atomic E-state index is 0.168. The predicted octanol–water partition coefficient (Wildman–Crippen LogP) is 3.18. The summed E-state index contributed by atoms with van der Waals surface area (Å²) in [6.45, 7) is 5.37. The van der Waals surface area contributed by atoms with E-state index in [4.69, 9.17) is 14.0 Å². The van der Waals surface area contributed by atoms with Crippen LogP contribution in [0.1, 0.15) is 49.9 Å². The molecule has 6 heteroatoms. The molecule has 0 N–H and O–H groups in total. The summed E-state index contributed by atoms with van der Waals surface area (Å²) in [6.07, 6.45) is 3.59. The molecule has 1 atom stereocenters. The molecule has 1 aliphatic heterocycles. The molecule has 0 bridgehead atoms. The van der Waals surface area contributed by atoms with Gasteiger partial charge in [-0.25, -0.2) is 0 Å². The molecule has 134 valence electrons. The third-order valence-electron chi connectivity index (χ3n) is 4.84. The van der Waals surface area contributed by atoms with E-state index in [0.717, 1.165) is 43.6 Å². The van der Waals surface area contributed by atoms with Crippen molar-refractivity contribution in [3.63, 3.8) is 0 Å². The number of nitrogens with zero attached hydrogens (tertiary/aromatic N) is 3. The Kier molecular flexibility index (Phi) is 4.99. The molecule has 1 aliphatic carbocycles. The number of hydrogen-bond acceptors (Lipinski definition) is 6. The molecule has 1 aromatic carbocycles. The Balaban J connectivity index is 1.11. The molecule has 0 spiro atoms. The lowest BCUT2D eigenvalue weighted by Crippen LogP contribution is -2.53. The van der Waals surface area contributed by atoms with Crippen LogP contribution in [0.15, 0.2) is 34.9 Å². The van der Waals surface area contributed by atoms with Gasteiger partial charge in [0.15, 0.2) is 5.82 Å². The van der Waals surface area contributed by atoms with Gasteiger partial charge in [0, 0.05) is 25.4 Å². The molecular formula is C19H25N3O3. The van der Waals surface area contributed by atoms with Gasteiger partial charge in [-0.05, 0) is 31.9 Å². The first-order chi connectivity index (χ1) is 12.3. The van der Waals surface area contributed by atoms with Crippen molar-refractivity contribution in [1.29, 1.82) is 0 Å². The van der Waals surface area contributed by atoms with Gasteiger partial charge in [0.2, 0.25) is 5.89 Å². The van der Waals surface area contributed by atoms with E-state index in [0.29, 0.717) is 18.6 Å². The van der Waals surface area contributed by atoms with E-state index in [9.17, 15) is 0 Å². The highest BCUT2D eigenvalue weighted by Crippen LogP contribution is 2.39. The summed E-state index contributed by atoms with van der Waals surface area (Å²) in [5.74, 6) is 3.07. The Morgan fingerprint density at radius 2 is 2.00 bits per heavy atom. The van der Waals surface area contributed by atoms with Crippen molar-refractivity contribution in [2.75, 3.05) is 26.3 Å². The fraction of sp³-hybridized carbons (Fsp3) is 0.579. The topological polar surface area (TPSA) is 60.6 Å². The Labute approximate surface area is 148 Å². The first kappa shape index (κ1) is 16.5. The van der Waals surface area contributed by atoms with Crippen LogP contribution in [0.5, 0.6) is 5.75 Å². The zero-order chi connectivity index (χ0) is 17.1. The van der Waals surface area contributed by atoms with Crippen molar-refractivity contribution in [1.82, 2.24) is 15.0 Å². The van der Waals surface area contributed by atoms with Gasteiger partial charge in [-0.2, -0.15) is 4.98 Å². The van der Waals surface area contributed by atoms with Crippen molar-refractivity contribution in [2.45, 2.75) is 44.2 Å². The van der Waals surface area contributed by atoms with Crippen LogP contribution in [0.4, 0.5) is 0 Å². The highest BCUT2D eigenvalue weighted by molar-refractivity contribution is 5.20. The zero-order valence-corrected chi connectivity index (χ0v) is 14.6. The first-order valence-electron chi connectivity index (χ1n) is 9.16. The number of aromatic nitrogens is 2. The molecule has 1 unspecified atom stereocenters. The van der Waals surface area contributed by atoms with E-state index in [1.165, 1.54) is 12.8 Å². The molecule has 2 aromatic rings. The maximum absolute atomic E-state index is 5.90. The van der Waals surface area contributed by atoms with E-state index in [1.807, 2.05) is 30.3 Å². The number of hydrogen-bond donors (Lipinski definition) is 0. The quantitative estimate of drug-likeness (QED) is 0.652. The zero-order valence-electron chi connectivity index (χ0n) is 14.6.